The summed E-state index contributed by atoms with van der Waals surface area (Å²) in [4.78, 5) is 12.2. The van der Waals surface area contributed by atoms with Crippen LogP contribution < -0.4 is 4.74 Å². The minimum atomic E-state index is 0.122. The van der Waals surface area contributed by atoms with E-state index in [4.69, 9.17) is 4.74 Å². The Morgan fingerprint density at radius 1 is 1.00 bits per heavy atom. The van der Waals surface area contributed by atoms with E-state index in [1.165, 1.54) is 0 Å². The third-order valence-corrected chi connectivity index (χ3v) is 3.17. The van der Waals surface area contributed by atoms with Crippen LogP contribution in [0.15, 0.2) is 54.6 Å². The predicted octanol–water partition coefficient (Wildman–Crippen LogP) is 4.29. The van der Waals surface area contributed by atoms with E-state index >= 15 is 0 Å². The molecule has 0 aliphatic carbocycles. The van der Waals surface area contributed by atoms with Crippen molar-refractivity contribution < 1.29 is 9.53 Å². The van der Waals surface area contributed by atoms with Crippen molar-refractivity contribution in [1.82, 2.24) is 0 Å². The molecule has 0 amide bonds. The Morgan fingerprint density at radius 3 is 2.45 bits per heavy atom. The lowest BCUT2D eigenvalue weighted by atomic mass is 10.0. The molecule has 0 N–H and O–H groups in total. The maximum absolute atomic E-state index is 12.2. The number of Topliss-reactive ketones (excluding diaryl/α,β-unsaturated/α-hetero) is 1. The molecule has 20 heavy (non-hydrogen) atoms. The molecule has 2 nitrogen and oxygen atoms in total. The van der Waals surface area contributed by atoms with Gasteiger partial charge in [-0.15, -0.1) is 0 Å². The fourth-order valence-corrected chi connectivity index (χ4v) is 2.02. The summed E-state index contributed by atoms with van der Waals surface area (Å²) in [6, 6.07) is 17.2. The number of ether oxygens (including phenoxy) is 1. The molecule has 2 rings (SSSR count). The summed E-state index contributed by atoms with van der Waals surface area (Å²) in [5.74, 6) is 0.947. The first-order valence-corrected chi connectivity index (χ1v) is 7.10. The number of hydrogen-bond acceptors (Lipinski definition) is 2. The van der Waals surface area contributed by atoms with Crippen LogP contribution in [-0.2, 0) is 6.42 Å². The molecule has 104 valence electrons. The number of hydrogen-bond donors (Lipinski definition) is 0. The quantitative estimate of drug-likeness (QED) is 0.553. The number of rotatable bonds is 7. The van der Waals surface area contributed by atoms with Crippen LogP contribution in [0, 0.1) is 0 Å². The highest BCUT2D eigenvalue weighted by Crippen LogP contribution is 2.20. The summed E-state index contributed by atoms with van der Waals surface area (Å²) >= 11 is 0. The van der Waals surface area contributed by atoms with Gasteiger partial charge in [0.2, 0.25) is 0 Å². The topological polar surface area (TPSA) is 26.3 Å². The number of unbranched alkanes of at least 4 members (excludes halogenated alkanes) is 1. The Labute approximate surface area is 120 Å². The van der Waals surface area contributed by atoms with Gasteiger partial charge < -0.3 is 4.74 Å². The highest BCUT2D eigenvalue weighted by atomic mass is 16.5. The van der Waals surface area contributed by atoms with Crippen LogP contribution in [-0.4, -0.2) is 12.4 Å². The van der Waals surface area contributed by atoms with Gasteiger partial charge in [-0.2, -0.15) is 0 Å². The summed E-state index contributed by atoms with van der Waals surface area (Å²) < 4.78 is 5.76. The number of para-hydroxylation sites is 1. The molecule has 0 radical (unpaired) electrons. The van der Waals surface area contributed by atoms with Gasteiger partial charge in [-0.1, -0.05) is 61.9 Å². The van der Waals surface area contributed by atoms with Crippen molar-refractivity contribution in [2.75, 3.05) is 6.61 Å². The monoisotopic (exact) mass is 268 g/mol. The van der Waals surface area contributed by atoms with E-state index in [-0.39, 0.29) is 5.78 Å². The lowest BCUT2D eigenvalue weighted by Gasteiger charge is -2.10. The minimum Gasteiger partial charge on any atom is -0.493 e. The molecule has 0 bridgehead atoms. The predicted molar refractivity (Wildman–Crippen MR) is 81.3 cm³/mol. The third-order valence-electron chi connectivity index (χ3n) is 3.17. The average molecular weight is 268 g/mol. The van der Waals surface area contributed by atoms with E-state index in [9.17, 15) is 4.79 Å². The van der Waals surface area contributed by atoms with Gasteiger partial charge in [0.1, 0.15) is 5.75 Å². The highest BCUT2D eigenvalue weighted by Gasteiger charge is 2.10. The normalized spacial score (nSPS) is 10.2. The van der Waals surface area contributed by atoms with Gasteiger partial charge in [0.25, 0.3) is 0 Å². The lowest BCUT2D eigenvalue weighted by molar-refractivity contribution is 0.0991. The Morgan fingerprint density at radius 2 is 1.70 bits per heavy atom. The molecular weight excluding hydrogens is 248 g/mol. The SMILES string of the molecule is CCCCOc1ccccc1CC(=O)c1ccccc1. The zero-order valence-electron chi connectivity index (χ0n) is 11.8. The van der Waals surface area contributed by atoms with E-state index in [0.717, 1.165) is 29.7 Å². The maximum Gasteiger partial charge on any atom is 0.167 e. The average Bonchev–Trinajstić information content (AvgIpc) is 2.50. The molecule has 2 heteroatoms. The van der Waals surface area contributed by atoms with Gasteiger partial charge in [0.05, 0.1) is 6.61 Å². The van der Waals surface area contributed by atoms with Crippen LogP contribution >= 0.6 is 0 Å². The maximum atomic E-state index is 12.2. The number of benzene rings is 2. The van der Waals surface area contributed by atoms with Crippen molar-refractivity contribution >= 4 is 5.78 Å². The van der Waals surface area contributed by atoms with E-state index < -0.39 is 0 Å². The second-order valence-corrected chi connectivity index (χ2v) is 4.78. The van der Waals surface area contributed by atoms with E-state index in [1.54, 1.807) is 0 Å². The van der Waals surface area contributed by atoms with Crippen molar-refractivity contribution in [3.05, 3.63) is 65.7 Å². The Hall–Kier alpha value is -2.09. The van der Waals surface area contributed by atoms with Gasteiger partial charge in [-0.05, 0) is 12.5 Å². The van der Waals surface area contributed by atoms with Crippen molar-refractivity contribution in [2.24, 2.45) is 0 Å². The first-order valence-electron chi connectivity index (χ1n) is 7.10. The van der Waals surface area contributed by atoms with Gasteiger partial charge >= 0.3 is 0 Å². The smallest absolute Gasteiger partial charge is 0.167 e. The molecule has 0 fully saturated rings. The molecule has 0 aliphatic rings. The first-order chi connectivity index (χ1) is 9.81. The Kier molecular flexibility index (Phi) is 5.36. The summed E-state index contributed by atoms with van der Waals surface area (Å²) in [6.07, 6.45) is 2.51. The summed E-state index contributed by atoms with van der Waals surface area (Å²) in [5.41, 5.74) is 1.70. The minimum absolute atomic E-state index is 0.122. The van der Waals surface area contributed by atoms with Crippen LogP contribution in [0.1, 0.15) is 35.7 Å². The largest absolute Gasteiger partial charge is 0.493 e. The molecule has 0 aromatic heterocycles. The second-order valence-electron chi connectivity index (χ2n) is 4.78. The molecule has 0 spiro atoms. The van der Waals surface area contributed by atoms with Crippen LogP contribution in [0.2, 0.25) is 0 Å². The molecular formula is C18H20O2. The molecule has 2 aromatic carbocycles. The summed E-state index contributed by atoms with van der Waals surface area (Å²) in [6.45, 7) is 2.83. The standard InChI is InChI=1S/C18H20O2/c1-2-3-13-20-18-12-8-7-11-16(18)14-17(19)15-9-5-4-6-10-15/h4-12H,2-3,13-14H2,1H3. The molecule has 0 heterocycles. The summed E-state index contributed by atoms with van der Waals surface area (Å²) in [5, 5.41) is 0. The third kappa shape index (κ3) is 3.95. The van der Waals surface area contributed by atoms with Crippen molar-refractivity contribution in [3.63, 3.8) is 0 Å². The first kappa shape index (κ1) is 14.3. The number of carbonyl (C=O) groups is 1. The van der Waals surface area contributed by atoms with Crippen LogP contribution in [0.4, 0.5) is 0 Å². The van der Waals surface area contributed by atoms with E-state index in [1.807, 2.05) is 54.6 Å². The Bertz CT molecular complexity index is 546. The van der Waals surface area contributed by atoms with Gasteiger partial charge in [-0.3, -0.25) is 4.79 Å². The molecule has 0 saturated carbocycles. The molecule has 2 aromatic rings. The zero-order valence-corrected chi connectivity index (χ0v) is 11.8. The molecule has 0 atom stereocenters. The van der Waals surface area contributed by atoms with Crippen molar-refractivity contribution in [2.45, 2.75) is 26.2 Å². The van der Waals surface area contributed by atoms with Crippen LogP contribution in [0.5, 0.6) is 5.75 Å². The molecule has 0 unspecified atom stereocenters. The number of ketones is 1. The highest BCUT2D eigenvalue weighted by molar-refractivity contribution is 5.97. The van der Waals surface area contributed by atoms with E-state index in [2.05, 4.69) is 6.92 Å². The second kappa shape index (κ2) is 7.49. The van der Waals surface area contributed by atoms with Gasteiger partial charge in [-0.25, -0.2) is 0 Å². The van der Waals surface area contributed by atoms with Gasteiger partial charge in [0, 0.05) is 17.5 Å². The Balaban J connectivity index is 2.07. The van der Waals surface area contributed by atoms with Gasteiger partial charge in [0.15, 0.2) is 5.78 Å². The summed E-state index contributed by atoms with van der Waals surface area (Å²) in [7, 11) is 0. The van der Waals surface area contributed by atoms with Crippen LogP contribution in [0.25, 0.3) is 0 Å². The van der Waals surface area contributed by atoms with E-state index in [0.29, 0.717) is 13.0 Å². The lowest BCUT2D eigenvalue weighted by Crippen LogP contribution is -2.06. The molecule has 0 aliphatic heterocycles. The fraction of sp³-hybridized carbons (Fsp3) is 0.278. The van der Waals surface area contributed by atoms with Crippen LogP contribution in [0.3, 0.4) is 0 Å². The van der Waals surface area contributed by atoms with Crippen molar-refractivity contribution in [1.29, 1.82) is 0 Å². The van der Waals surface area contributed by atoms with Crippen molar-refractivity contribution in [3.8, 4) is 5.75 Å². The molecule has 0 saturated heterocycles. The zero-order chi connectivity index (χ0) is 14.2. The fourth-order valence-electron chi connectivity index (χ4n) is 2.02. The number of carbonyl (C=O) groups excluding carboxylic acids is 1.